The summed E-state index contributed by atoms with van der Waals surface area (Å²) < 4.78 is 4.81. The lowest BCUT2D eigenvalue weighted by Crippen LogP contribution is -2.23. The molecule has 0 saturated carbocycles. The molecule has 0 fully saturated rings. The molecule has 0 unspecified atom stereocenters. The molecule has 0 spiro atoms. The third-order valence-electron chi connectivity index (χ3n) is 2.15. The highest BCUT2D eigenvalue weighted by atomic mass is 16.5. The number of hydrogen-bond acceptors (Lipinski definition) is 4. The number of rotatable bonds is 2. The van der Waals surface area contributed by atoms with E-state index in [2.05, 4.69) is 10.3 Å². The van der Waals surface area contributed by atoms with Gasteiger partial charge in [0.25, 0.3) is 0 Å². The van der Waals surface area contributed by atoms with Crippen molar-refractivity contribution in [3.05, 3.63) is 24.0 Å². The Balaban J connectivity index is 2.33. The fraction of sp³-hybridized carbons (Fsp3) is 0.300. The maximum absolute atomic E-state index is 11.5. The van der Waals surface area contributed by atoms with Gasteiger partial charge in [0.2, 0.25) is 5.91 Å². The number of carbonyl (C=O) groups excluding carboxylic acids is 2. The van der Waals surface area contributed by atoms with E-state index in [1.807, 2.05) is 0 Å². The van der Waals surface area contributed by atoms with Crippen LogP contribution in [0.4, 0.5) is 5.69 Å². The zero-order valence-corrected chi connectivity index (χ0v) is 8.19. The molecule has 0 aliphatic carbocycles. The zero-order chi connectivity index (χ0) is 10.8. The van der Waals surface area contributed by atoms with Crippen molar-refractivity contribution in [1.82, 2.24) is 4.98 Å². The number of nitrogens with zero attached hydrogens (tertiary/aromatic N) is 1. The lowest BCUT2D eigenvalue weighted by molar-refractivity contribution is -0.147. The molecule has 78 valence electrons. The number of esters is 1. The third-order valence-corrected chi connectivity index (χ3v) is 2.15. The molecule has 5 heteroatoms. The number of fused-ring (bicyclic) bond motifs is 1. The van der Waals surface area contributed by atoms with Crippen LogP contribution in [0.3, 0.4) is 0 Å². The molecule has 2 heterocycles. The smallest absolute Gasteiger partial charge is 0.324 e. The molecule has 1 amide bonds. The summed E-state index contributed by atoms with van der Waals surface area (Å²) in [6.45, 7) is 1.95. The Bertz CT molecular complexity index is 417. The Morgan fingerprint density at radius 1 is 1.67 bits per heavy atom. The molecule has 1 aliphatic rings. The van der Waals surface area contributed by atoms with E-state index in [-0.39, 0.29) is 12.5 Å². The highest BCUT2D eigenvalue weighted by molar-refractivity contribution is 6.14. The van der Waals surface area contributed by atoms with Gasteiger partial charge in [-0.1, -0.05) is 0 Å². The number of aromatic nitrogens is 1. The molecule has 1 aromatic heterocycles. The van der Waals surface area contributed by atoms with Gasteiger partial charge in [0, 0.05) is 6.20 Å². The van der Waals surface area contributed by atoms with Gasteiger partial charge in [0.05, 0.1) is 18.0 Å². The molecule has 0 radical (unpaired) electrons. The van der Waals surface area contributed by atoms with Crippen LogP contribution in [-0.2, 0) is 14.3 Å². The van der Waals surface area contributed by atoms with Gasteiger partial charge < -0.3 is 10.1 Å². The lowest BCUT2D eigenvalue weighted by Gasteiger charge is -2.06. The van der Waals surface area contributed by atoms with Gasteiger partial charge in [0.15, 0.2) is 5.92 Å². The van der Waals surface area contributed by atoms with Crippen molar-refractivity contribution < 1.29 is 14.3 Å². The van der Waals surface area contributed by atoms with Crippen molar-refractivity contribution in [3.8, 4) is 0 Å². The van der Waals surface area contributed by atoms with Crippen LogP contribution in [0.2, 0.25) is 0 Å². The minimum atomic E-state index is -0.916. The molecule has 1 aliphatic heterocycles. The predicted octanol–water partition coefficient (Wildman–Crippen LogP) is 0.680. The van der Waals surface area contributed by atoms with Gasteiger partial charge in [-0.05, 0) is 19.1 Å². The fourth-order valence-corrected chi connectivity index (χ4v) is 1.53. The van der Waals surface area contributed by atoms with E-state index in [9.17, 15) is 9.59 Å². The second-order valence-electron chi connectivity index (χ2n) is 3.11. The van der Waals surface area contributed by atoms with Crippen LogP contribution < -0.4 is 5.32 Å². The van der Waals surface area contributed by atoms with E-state index in [1.165, 1.54) is 0 Å². The van der Waals surface area contributed by atoms with Gasteiger partial charge in [-0.15, -0.1) is 0 Å². The quantitative estimate of drug-likeness (QED) is 0.570. The summed E-state index contributed by atoms with van der Waals surface area (Å²) in [6.07, 6.45) is 1.55. The van der Waals surface area contributed by atoms with Gasteiger partial charge in [-0.3, -0.25) is 14.6 Å². The average molecular weight is 206 g/mol. The molecule has 1 atom stereocenters. The summed E-state index contributed by atoms with van der Waals surface area (Å²) in [5.41, 5.74) is 1.03. The number of anilines is 1. The van der Waals surface area contributed by atoms with Gasteiger partial charge in [0.1, 0.15) is 0 Å². The van der Waals surface area contributed by atoms with Crippen LogP contribution in [0.25, 0.3) is 0 Å². The van der Waals surface area contributed by atoms with Crippen LogP contribution in [-0.4, -0.2) is 23.5 Å². The van der Waals surface area contributed by atoms with Gasteiger partial charge in [-0.2, -0.15) is 0 Å². The molecule has 1 aromatic rings. The maximum Gasteiger partial charge on any atom is 0.324 e. The van der Waals surface area contributed by atoms with Crippen LogP contribution in [0.1, 0.15) is 18.5 Å². The Hall–Kier alpha value is -1.91. The monoisotopic (exact) mass is 206 g/mol. The molecule has 0 saturated heterocycles. The summed E-state index contributed by atoms with van der Waals surface area (Å²) in [5.74, 6) is -1.84. The summed E-state index contributed by atoms with van der Waals surface area (Å²) in [6, 6.07) is 3.41. The predicted molar refractivity (Wildman–Crippen MR) is 52.2 cm³/mol. The Labute approximate surface area is 86.5 Å². The van der Waals surface area contributed by atoms with E-state index < -0.39 is 11.9 Å². The normalized spacial score (nSPS) is 18.2. The minimum absolute atomic E-state index is 0.255. The van der Waals surface area contributed by atoms with Crippen LogP contribution in [0.15, 0.2) is 18.3 Å². The van der Waals surface area contributed by atoms with E-state index in [1.54, 1.807) is 25.3 Å². The summed E-state index contributed by atoms with van der Waals surface area (Å²) in [4.78, 5) is 27.0. The molecule has 0 bridgehead atoms. The van der Waals surface area contributed by atoms with Crippen LogP contribution in [0.5, 0.6) is 0 Å². The first-order valence-electron chi connectivity index (χ1n) is 4.66. The first kappa shape index (κ1) is 9.64. The highest BCUT2D eigenvalue weighted by Crippen LogP contribution is 2.30. The lowest BCUT2D eigenvalue weighted by atomic mass is 10.1. The van der Waals surface area contributed by atoms with Gasteiger partial charge in [-0.25, -0.2) is 0 Å². The number of ether oxygens (including phenoxy) is 1. The number of amides is 1. The van der Waals surface area contributed by atoms with Crippen molar-refractivity contribution >= 4 is 17.6 Å². The highest BCUT2D eigenvalue weighted by Gasteiger charge is 2.38. The number of nitrogens with one attached hydrogen (secondary N) is 1. The average Bonchev–Trinajstić information content (AvgIpc) is 2.54. The minimum Gasteiger partial charge on any atom is -0.465 e. The van der Waals surface area contributed by atoms with Crippen LogP contribution >= 0.6 is 0 Å². The van der Waals surface area contributed by atoms with E-state index in [4.69, 9.17) is 4.74 Å². The second kappa shape index (κ2) is 3.68. The summed E-state index contributed by atoms with van der Waals surface area (Å²) in [5, 5.41) is 2.58. The fourth-order valence-electron chi connectivity index (χ4n) is 1.53. The van der Waals surface area contributed by atoms with E-state index in [0.717, 1.165) is 0 Å². The Morgan fingerprint density at radius 2 is 2.47 bits per heavy atom. The largest absolute Gasteiger partial charge is 0.465 e. The van der Waals surface area contributed by atoms with E-state index in [0.29, 0.717) is 11.4 Å². The van der Waals surface area contributed by atoms with Gasteiger partial charge >= 0.3 is 5.97 Å². The summed E-state index contributed by atoms with van der Waals surface area (Å²) in [7, 11) is 0. The number of carbonyl (C=O) groups is 2. The summed E-state index contributed by atoms with van der Waals surface area (Å²) >= 11 is 0. The molecule has 15 heavy (non-hydrogen) atoms. The molecular formula is C10H10N2O3. The molecule has 2 rings (SSSR count). The van der Waals surface area contributed by atoms with Crippen molar-refractivity contribution in [2.75, 3.05) is 11.9 Å². The molecule has 1 N–H and O–H groups in total. The first-order chi connectivity index (χ1) is 7.24. The number of hydrogen-bond donors (Lipinski definition) is 1. The van der Waals surface area contributed by atoms with Crippen molar-refractivity contribution in [1.29, 1.82) is 0 Å². The maximum atomic E-state index is 11.5. The standard InChI is InChI=1S/C10H10N2O3/c1-2-15-10(14)7-8-6(12-9(7)13)4-3-5-11-8/h3-5,7H,2H2,1H3,(H,12,13)/t7-/m1/s1. The third kappa shape index (κ3) is 1.56. The van der Waals surface area contributed by atoms with Crippen molar-refractivity contribution in [2.24, 2.45) is 0 Å². The zero-order valence-electron chi connectivity index (χ0n) is 8.19. The Kier molecular flexibility index (Phi) is 2.37. The molecule has 5 nitrogen and oxygen atoms in total. The Morgan fingerprint density at radius 3 is 3.20 bits per heavy atom. The topological polar surface area (TPSA) is 68.3 Å². The van der Waals surface area contributed by atoms with E-state index >= 15 is 0 Å². The number of pyridine rings is 1. The van der Waals surface area contributed by atoms with Crippen molar-refractivity contribution in [3.63, 3.8) is 0 Å². The molecule has 0 aromatic carbocycles. The van der Waals surface area contributed by atoms with Crippen molar-refractivity contribution in [2.45, 2.75) is 12.8 Å². The second-order valence-corrected chi connectivity index (χ2v) is 3.11. The van der Waals surface area contributed by atoms with Crippen LogP contribution in [0, 0.1) is 0 Å². The first-order valence-corrected chi connectivity index (χ1v) is 4.66. The SMILES string of the molecule is CCOC(=O)[C@H]1C(=O)Nc2cccnc21. The molecular weight excluding hydrogens is 196 g/mol.